The predicted octanol–water partition coefficient (Wildman–Crippen LogP) is -0.221. The Bertz CT molecular complexity index is 779. The van der Waals surface area contributed by atoms with Crippen molar-refractivity contribution in [3.8, 4) is 6.07 Å². The molecule has 2 rings (SSSR count). The average molecular weight is 285 g/mol. The van der Waals surface area contributed by atoms with Crippen LogP contribution in [0, 0.1) is 28.7 Å². The maximum Gasteiger partial charge on any atom is 0.305 e. The molecule has 0 aliphatic carbocycles. The summed E-state index contributed by atoms with van der Waals surface area (Å²) in [4.78, 5) is 11.1. The summed E-state index contributed by atoms with van der Waals surface area (Å²) in [5.41, 5.74) is 2.71. The van der Waals surface area contributed by atoms with E-state index in [1.165, 1.54) is 13.0 Å². The lowest BCUT2D eigenvalue weighted by atomic mass is 10.2. The quantitative estimate of drug-likeness (QED) is 0.363. The number of nitrogens with zero attached hydrogens (tertiary/aromatic N) is 4. The van der Waals surface area contributed by atoms with Gasteiger partial charge < -0.3 is 10.4 Å². The maximum atomic E-state index is 12.2. The first-order chi connectivity index (χ1) is 10.1. The largest absolute Gasteiger partial charge is 0.618 e. The highest BCUT2D eigenvalue weighted by molar-refractivity contribution is 5.82. The van der Waals surface area contributed by atoms with E-state index in [0.717, 1.165) is 6.21 Å². The molecule has 0 radical (unpaired) electrons. The smallest absolute Gasteiger partial charge is 0.305 e. The molecule has 0 aliphatic heterocycles. The third-order valence-corrected chi connectivity index (χ3v) is 2.83. The molecule has 0 saturated heterocycles. The molecular formula is C13H11N5O3. The zero-order chi connectivity index (χ0) is 15.4. The first-order valence-corrected chi connectivity index (χ1v) is 5.99. The van der Waals surface area contributed by atoms with Gasteiger partial charge in [-0.1, -0.05) is 12.1 Å². The Kier molecular flexibility index (Phi) is 3.95. The lowest BCUT2D eigenvalue weighted by Crippen LogP contribution is -2.44. The van der Waals surface area contributed by atoms with Crippen LogP contribution in [0.2, 0.25) is 0 Å². The Morgan fingerprint density at radius 3 is 2.62 bits per heavy atom. The molecule has 0 bridgehead atoms. The van der Waals surface area contributed by atoms with Crippen LogP contribution in [0.25, 0.3) is 11.0 Å². The lowest BCUT2D eigenvalue weighted by Gasteiger charge is -2.08. The predicted molar refractivity (Wildman–Crippen MR) is 72.6 cm³/mol. The topological polar surface area (TPSA) is 119 Å². The Balaban J connectivity index is 2.43. The van der Waals surface area contributed by atoms with Crippen molar-refractivity contribution in [3.63, 3.8) is 0 Å². The van der Waals surface area contributed by atoms with Gasteiger partial charge in [-0.05, 0) is 0 Å². The van der Waals surface area contributed by atoms with Crippen LogP contribution in [0.5, 0.6) is 0 Å². The molecule has 0 unspecified atom stereocenters. The van der Waals surface area contributed by atoms with Gasteiger partial charge in [-0.3, -0.25) is 4.79 Å². The van der Waals surface area contributed by atoms with Crippen molar-refractivity contribution in [2.45, 2.75) is 13.3 Å². The summed E-state index contributed by atoms with van der Waals surface area (Å²) in [5.74, 6) is -0.598. The number of benzene rings is 1. The van der Waals surface area contributed by atoms with Crippen molar-refractivity contribution in [2.24, 2.45) is 5.10 Å². The van der Waals surface area contributed by atoms with Gasteiger partial charge >= 0.3 is 5.69 Å². The maximum absolute atomic E-state index is 12.2. The summed E-state index contributed by atoms with van der Waals surface area (Å²) in [7, 11) is 0. The SMILES string of the molecule is Cc1c(/C=N/NC(=O)CC#N)[n+]([O-])c2ccccc2[n+]1[O-]. The van der Waals surface area contributed by atoms with Crippen LogP contribution in [0.1, 0.15) is 17.8 Å². The van der Waals surface area contributed by atoms with Crippen molar-refractivity contribution >= 4 is 23.2 Å². The van der Waals surface area contributed by atoms with E-state index in [4.69, 9.17) is 5.26 Å². The highest BCUT2D eigenvalue weighted by atomic mass is 16.5. The number of carbonyl (C=O) groups excluding carboxylic acids is 1. The van der Waals surface area contributed by atoms with Crippen LogP contribution in [0.3, 0.4) is 0 Å². The van der Waals surface area contributed by atoms with E-state index < -0.39 is 5.91 Å². The van der Waals surface area contributed by atoms with Gasteiger partial charge in [0.1, 0.15) is 12.6 Å². The minimum absolute atomic E-state index is 0.0148. The van der Waals surface area contributed by atoms with Crippen molar-refractivity contribution in [3.05, 3.63) is 46.1 Å². The molecule has 0 saturated carbocycles. The molecule has 1 N–H and O–H groups in total. The van der Waals surface area contributed by atoms with Crippen molar-refractivity contribution in [2.75, 3.05) is 0 Å². The number of aromatic nitrogens is 2. The van der Waals surface area contributed by atoms with Gasteiger partial charge in [-0.2, -0.15) is 19.8 Å². The highest BCUT2D eigenvalue weighted by Crippen LogP contribution is 2.07. The van der Waals surface area contributed by atoms with Gasteiger partial charge in [-0.15, -0.1) is 0 Å². The molecule has 0 spiro atoms. The second-order valence-corrected chi connectivity index (χ2v) is 4.18. The number of nitrogens with one attached hydrogen (secondary N) is 1. The van der Waals surface area contributed by atoms with E-state index in [1.807, 2.05) is 0 Å². The molecule has 106 valence electrons. The third-order valence-electron chi connectivity index (χ3n) is 2.83. The Morgan fingerprint density at radius 2 is 2.00 bits per heavy atom. The molecule has 1 aromatic heterocycles. The van der Waals surface area contributed by atoms with Crippen LogP contribution in [0.4, 0.5) is 0 Å². The zero-order valence-corrected chi connectivity index (χ0v) is 11.1. The average Bonchev–Trinajstić information content (AvgIpc) is 2.49. The minimum Gasteiger partial charge on any atom is -0.618 e. The van der Waals surface area contributed by atoms with Crippen molar-refractivity contribution in [1.29, 1.82) is 5.26 Å². The van der Waals surface area contributed by atoms with Gasteiger partial charge in [0, 0.05) is 19.1 Å². The fourth-order valence-corrected chi connectivity index (χ4v) is 1.79. The number of carbonyl (C=O) groups is 1. The van der Waals surface area contributed by atoms with Crippen LogP contribution in [-0.4, -0.2) is 12.1 Å². The number of nitriles is 1. The number of para-hydroxylation sites is 2. The van der Waals surface area contributed by atoms with E-state index in [2.05, 4.69) is 10.5 Å². The van der Waals surface area contributed by atoms with Crippen LogP contribution >= 0.6 is 0 Å². The second kappa shape index (κ2) is 5.83. The fraction of sp³-hybridized carbons (Fsp3) is 0.154. The van der Waals surface area contributed by atoms with E-state index in [9.17, 15) is 15.2 Å². The normalized spacial score (nSPS) is 10.7. The van der Waals surface area contributed by atoms with Gasteiger partial charge in [0.25, 0.3) is 22.6 Å². The van der Waals surface area contributed by atoms with Gasteiger partial charge in [0.2, 0.25) is 0 Å². The number of hydrogen-bond acceptors (Lipinski definition) is 5. The van der Waals surface area contributed by atoms with E-state index >= 15 is 0 Å². The molecule has 0 fully saturated rings. The van der Waals surface area contributed by atoms with Gasteiger partial charge in [0.15, 0.2) is 0 Å². The number of hydrogen-bond donors (Lipinski definition) is 1. The second-order valence-electron chi connectivity index (χ2n) is 4.18. The number of amides is 1. The summed E-state index contributed by atoms with van der Waals surface area (Å²) >= 11 is 0. The molecule has 8 heteroatoms. The first kappa shape index (κ1) is 14.2. The summed E-state index contributed by atoms with van der Waals surface area (Å²) in [5, 5.41) is 36.2. The summed E-state index contributed by atoms with van der Waals surface area (Å²) < 4.78 is 1.20. The molecule has 1 amide bonds. The number of hydrazone groups is 1. The molecule has 21 heavy (non-hydrogen) atoms. The summed E-state index contributed by atoms with van der Waals surface area (Å²) in [6, 6.07) is 8.02. The van der Waals surface area contributed by atoms with Gasteiger partial charge in [-0.25, -0.2) is 5.43 Å². The summed E-state index contributed by atoms with van der Waals surface area (Å²) in [6.07, 6.45) is 0.741. The molecule has 0 aliphatic rings. The van der Waals surface area contributed by atoms with Crippen molar-refractivity contribution in [1.82, 2.24) is 5.43 Å². The monoisotopic (exact) mass is 285 g/mol. The van der Waals surface area contributed by atoms with Crippen molar-refractivity contribution < 1.29 is 14.3 Å². The standard InChI is InChI=1S/C13H11N5O3/c1-9-12(8-15-16-13(19)6-7-14)18(21)11-5-3-2-4-10(11)17(9)20/h2-5,8H,6H2,1H3,(H,16,19)/b15-8+. The fourth-order valence-electron chi connectivity index (χ4n) is 1.79. The molecule has 2 aromatic rings. The third kappa shape index (κ3) is 2.71. The summed E-state index contributed by atoms with van der Waals surface area (Å²) in [6.45, 7) is 1.48. The molecule has 1 aromatic carbocycles. The molecule has 1 heterocycles. The Morgan fingerprint density at radius 1 is 1.38 bits per heavy atom. The molecule has 0 atom stereocenters. The van der Waals surface area contributed by atoms with Crippen LogP contribution in [-0.2, 0) is 4.79 Å². The van der Waals surface area contributed by atoms with Crippen LogP contribution < -0.4 is 14.9 Å². The lowest BCUT2D eigenvalue weighted by molar-refractivity contribution is -0.634. The van der Waals surface area contributed by atoms with E-state index in [1.54, 1.807) is 24.3 Å². The number of fused-ring (bicyclic) bond motifs is 1. The van der Waals surface area contributed by atoms with E-state index in [-0.39, 0.29) is 28.8 Å². The van der Waals surface area contributed by atoms with Gasteiger partial charge in [0.05, 0.1) is 6.07 Å². The van der Waals surface area contributed by atoms with Crippen LogP contribution in [0.15, 0.2) is 29.4 Å². The highest BCUT2D eigenvalue weighted by Gasteiger charge is 2.23. The number of rotatable bonds is 3. The minimum atomic E-state index is -0.598. The Hall–Kier alpha value is -3.21. The molecular weight excluding hydrogens is 274 g/mol. The first-order valence-electron chi connectivity index (χ1n) is 5.99. The Labute approximate surface area is 119 Å². The zero-order valence-electron chi connectivity index (χ0n) is 11.1. The van der Waals surface area contributed by atoms with E-state index in [0.29, 0.717) is 9.46 Å². The molecule has 8 nitrogen and oxygen atoms in total.